The largest absolute Gasteiger partial charge is 0.383 e. The first-order chi connectivity index (χ1) is 7.99. The fourth-order valence-electron chi connectivity index (χ4n) is 1.28. The van der Waals surface area contributed by atoms with E-state index in [9.17, 15) is 8.42 Å². The highest BCUT2D eigenvalue weighted by molar-refractivity contribution is 7.92. The van der Waals surface area contributed by atoms with Crippen LogP contribution in [0.15, 0.2) is 29.4 Å². The van der Waals surface area contributed by atoms with Crippen molar-refractivity contribution >= 4 is 21.7 Å². The molecule has 0 saturated heterocycles. The Balaban J connectivity index is 2.33. The standard InChI is InChI=1S/C9H11N5O2S/c1-6-2-3-11-8(4-6)14-17(15,16)7-5-12-13-9(7)10/h2-5H,1H3,(H,11,14)(H3,10,12,13). The maximum absolute atomic E-state index is 11.9. The molecule has 0 aliphatic rings. The molecule has 90 valence electrons. The van der Waals surface area contributed by atoms with Crippen LogP contribution >= 0.6 is 0 Å². The minimum atomic E-state index is -3.75. The third-order valence-corrected chi connectivity index (χ3v) is 3.46. The molecule has 0 bridgehead atoms. The zero-order valence-electron chi connectivity index (χ0n) is 9.01. The third-order valence-electron chi connectivity index (χ3n) is 2.08. The predicted octanol–water partition coefficient (Wildman–Crippen LogP) is 0.496. The van der Waals surface area contributed by atoms with Crippen LogP contribution in [0, 0.1) is 6.92 Å². The molecule has 17 heavy (non-hydrogen) atoms. The Morgan fingerprint density at radius 3 is 2.82 bits per heavy atom. The Morgan fingerprint density at radius 2 is 2.24 bits per heavy atom. The van der Waals surface area contributed by atoms with Crippen LogP contribution < -0.4 is 10.5 Å². The van der Waals surface area contributed by atoms with E-state index < -0.39 is 10.0 Å². The van der Waals surface area contributed by atoms with E-state index in [0.717, 1.165) is 11.8 Å². The molecule has 7 nitrogen and oxygen atoms in total. The van der Waals surface area contributed by atoms with Gasteiger partial charge in [-0.15, -0.1) is 0 Å². The number of aromatic amines is 1. The van der Waals surface area contributed by atoms with Crippen molar-refractivity contribution in [1.29, 1.82) is 0 Å². The summed E-state index contributed by atoms with van der Waals surface area (Å²) >= 11 is 0. The molecule has 2 heterocycles. The molecule has 0 aromatic carbocycles. The van der Waals surface area contributed by atoms with Gasteiger partial charge in [0.05, 0.1) is 6.20 Å². The number of rotatable bonds is 3. The molecule has 0 aliphatic carbocycles. The number of sulfonamides is 1. The Labute approximate surface area is 98.1 Å². The van der Waals surface area contributed by atoms with Gasteiger partial charge in [0.1, 0.15) is 16.5 Å². The van der Waals surface area contributed by atoms with Crippen LogP contribution in [0.25, 0.3) is 0 Å². The van der Waals surface area contributed by atoms with E-state index in [1.54, 1.807) is 12.1 Å². The minimum Gasteiger partial charge on any atom is -0.383 e. The summed E-state index contributed by atoms with van der Waals surface area (Å²) in [5, 5.41) is 5.92. The maximum Gasteiger partial charge on any atom is 0.268 e. The number of nitrogens with zero attached hydrogens (tertiary/aromatic N) is 2. The number of hydrogen-bond donors (Lipinski definition) is 3. The number of anilines is 2. The van der Waals surface area contributed by atoms with Crippen molar-refractivity contribution in [2.24, 2.45) is 0 Å². The number of pyridine rings is 1. The molecule has 2 aromatic rings. The lowest BCUT2D eigenvalue weighted by Crippen LogP contribution is -2.14. The van der Waals surface area contributed by atoms with E-state index in [2.05, 4.69) is 19.9 Å². The van der Waals surface area contributed by atoms with E-state index in [4.69, 9.17) is 5.73 Å². The van der Waals surface area contributed by atoms with Gasteiger partial charge in [-0.3, -0.25) is 9.82 Å². The van der Waals surface area contributed by atoms with Gasteiger partial charge in [0, 0.05) is 6.20 Å². The number of H-pyrrole nitrogens is 1. The molecule has 4 N–H and O–H groups in total. The molecule has 0 radical (unpaired) electrons. The van der Waals surface area contributed by atoms with E-state index in [1.807, 2.05) is 6.92 Å². The molecule has 2 aromatic heterocycles. The topological polar surface area (TPSA) is 114 Å². The van der Waals surface area contributed by atoms with Crippen LogP contribution in [-0.2, 0) is 10.0 Å². The Bertz CT molecular complexity index is 634. The number of nitrogen functional groups attached to an aromatic ring is 1. The van der Waals surface area contributed by atoms with Gasteiger partial charge in [-0.25, -0.2) is 13.4 Å². The molecular weight excluding hydrogens is 242 g/mol. The summed E-state index contributed by atoms with van der Waals surface area (Å²) in [4.78, 5) is 3.81. The lowest BCUT2D eigenvalue weighted by atomic mass is 10.3. The monoisotopic (exact) mass is 253 g/mol. The van der Waals surface area contributed by atoms with Crippen LogP contribution in [0.2, 0.25) is 0 Å². The van der Waals surface area contributed by atoms with Gasteiger partial charge < -0.3 is 5.73 Å². The molecule has 0 aliphatic heterocycles. The van der Waals surface area contributed by atoms with Crippen molar-refractivity contribution in [3.05, 3.63) is 30.1 Å². The van der Waals surface area contributed by atoms with Crippen LogP contribution in [0.1, 0.15) is 5.56 Å². The zero-order chi connectivity index (χ0) is 12.5. The molecule has 0 spiro atoms. The summed E-state index contributed by atoms with van der Waals surface area (Å²) in [6.45, 7) is 1.84. The SMILES string of the molecule is Cc1ccnc(NS(=O)(=O)c2cn[nH]c2N)c1. The summed E-state index contributed by atoms with van der Waals surface area (Å²) in [6.07, 6.45) is 2.67. The van der Waals surface area contributed by atoms with Gasteiger partial charge >= 0.3 is 0 Å². The first kappa shape index (κ1) is 11.4. The van der Waals surface area contributed by atoms with Gasteiger partial charge in [-0.2, -0.15) is 5.10 Å². The smallest absolute Gasteiger partial charge is 0.268 e. The molecule has 0 unspecified atom stereocenters. The Morgan fingerprint density at radius 1 is 1.47 bits per heavy atom. The van der Waals surface area contributed by atoms with Crippen molar-refractivity contribution in [2.45, 2.75) is 11.8 Å². The third kappa shape index (κ3) is 2.36. The quantitative estimate of drug-likeness (QED) is 0.736. The van der Waals surface area contributed by atoms with E-state index in [-0.39, 0.29) is 16.5 Å². The molecule has 0 amide bonds. The molecule has 0 atom stereocenters. The van der Waals surface area contributed by atoms with Crippen LogP contribution in [0.4, 0.5) is 11.6 Å². The number of hydrogen-bond acceptors (Lipinski definition) is 5. The summed E-state index contributed by atoms with van der Waals surface area (Å²) in [5.74, 6) is 0.232. The first-order valence-corrected chi connectivity index (χ1v) is 6.22. The summed E-state index contributed by atoms with van der Waals surface area (Å²) < 4.78 is 26.1. The lowest BCUT2D eigenvalue weighted by molar-refractivity contribution is 0.601. The van der Waals surface area contributed by atoms with E-state index in [1.165, 1.54) is 6.20 Å². The molecule has 2 rings (SSSR count). The minimum absolute atomic E-state index is 0.00912. The molecule has 8 heteroatoms. The van der Waals surface area contributed by atoms with Gasteiger partial charge in [0.2, 0.25) is 0 Å². The number of nitrogens with one attached hydrogen (secondary N) is 2. The zero-order valence-corrected chi connectivity index (χ0v) is 9.82. The van der Waals surface area contributed by atoms with Crippen molar-refractivity contribution in [2.75, 3.05) is 10.5 Å². The summed E-state index contributed by atoms with van der Waals surface area (Å²) in [6, 6.07) is 3.39. The van der Waals surface area contributed by atoms with Gasteiger partial charge in [0.15, 0.2) is 0 Å². The maximum atomic E-state index is 11.9. The first-order valence-electron chi connectivity index (χ1n) is 4.73. The average Bonchev–Trinajstić information content (AvgIpc) is 2.64. The summed E-state index contributed by atoms with van der Waals surface area (Å²) in [5.41, 5.74) is 6.35. The number of nitrogens with two attached hydrogens (primary N) is 1. The Hall–Kier alpha value is -2.09. The van der Waals surface area contributed by atoms with Crippen molar-refractivity contribution in [3.8, 4) is 0 Å². The van der Waals surface area contributed by atoms with Crippen molar-refractivity contribution < 1.29 is 8.42 Å². The number of aryl methyl sites for hydroxylation is 1. The van der Waals surface area contributed by atoms with E-state index in [0.29, 0.717) is 0 Å². The Kier molecular flexibility index (Phi) is 2.72. The predicted molar refractivity (Wildman–Crippen MR) is 62.8 cm³/mol. The molecule has 0 fully saturated rings. The molecule has 0 saturated carbocycles. The second-order valence-corrected chi connectivity index (χ2v) is 5.12. The second-order valence-electron chi connectivity index (χ2n) is 3.47. The van der Waals surface area contributed by atoms with Gasteiger partial charge in [-0.05, 0) is 24.6 Å². The van der Waals surface area contributed by atoms with Gasteiger partial charge in [-0.1, -0.05) is 0 Å². The average molecular weight is 253 g/mol. The summed E-state index contributed by atoms with van der Waals surface area (Å²) in [7, 11) is -3.75. The fraction of sp³-hybridized carbons (Fsp3) is 0.111. The second kappa shape index (κ2) is 4.06. The highest BCUT2D eigenvalue weighted by atomic mass is 32.2. The highest BCUT2D eigenvalue weighted by Crippen LogP contribution is 2.18. The van der Waals surface area contributed by atoms with Crippen LogP contribution in [-0.4, -0.2) is 23.6 Å². The van der Waals surface area contributed by atoms with Gasteiger partial charge in [0.25, 0.3) is 10.0 Å². The van der Waals surface area contributed by atoms with Crippen LogP contribution in [0.3, 0.4) is 0 Å². The normalized spacial score (nSPS) is 11.4. The lowest BCUT2D eigenvalue weighted by Gasteiger charge is -2.06. The van der Waals surface area contributed by atoms with Crippen LogP contribution in [0.5, 0.6) is 0 Å². The van der Waals surface area contributed by atoms with Crippen molar-refractivity contribution in [1.82, 2.24) is 15.2 Å². The highest BCUT2D eigenvalue weighted by Gasteiger charge is 2.19. The molecular formula is C9H11N5O2S. The number of aromatic nitrogens is 3. The van der Waals surface area contributed by atoms with E-state index >= 15 is 0 Å². The fourth-order valence-corrected chi connectivity index (χ4v) is 2.31. The van der Waals surface area contributed by atoms with Crippen molar-refractivity contribution in [3.63, 3.8) is 0 Å².